The van der Waals surface area contributed by atoms with Gasteiger partial charge in [-0.2, -0.15) is 0 Å². The smallest absolute Gasteiger partial charge is 0.416 e. The third-order valence-corrected chi connectivity index (χ3v) is 8.21. The first-order valence-electron chi connectivity index (χ1n) is 16.2. The molecular weight excluding hydrogens is 580 g/mol. The average Bonchev–Trinajstić information content (AvgIpc) is 3.44. The minimum Gasteiger partial charge on any atom is -0.501 e. The minimum absolute atomic E-state index is 0.375. The second-order valence-corrected chi connectivity index (χ2v) is 11.4. The van der Waals surface area contributed by atoms with Crippen LogP contribution in [-0.4, -0.2) is 96.9 Å². The second kappa shape index (κ2) is 16.9. The summed E-state index contributed by atoms with van der Waals surface area (Å²) in [7, 11) is 3.57. The summed E-state index contributed by atoms with van der Waals surface area (Å²) < 4.78 is 19.4. The van der Waals surface area contributed by atoms with Crippen LogP contribution >= 0.6 is 0 Å². The molecule has 1 amide bonds. The van der Waals surface area contributed by atoms with Crippen molar-refractivity contribution in [1.29, 1.82) is 0 Å². The third-order valence-electron chi connectivity index (χ3n) is 8.21. The number of hydrogen-bond donors (Lipinski definition) is 1. The van der Waals surface area contributed by atoms with Crippen LogP contribution in [0.15, 0.2) is 78.7 Å². The lowest BCUT2D eigenvalue weighted by Gasteiger charge is -2.28. The highest BCUT2D eigenvalue weighted by Gasteiger charge is 2.25. The van der Waals surface area contributed by atoms with Gasteiger partial charge in [-0.3, -0.25) is 9.30 Å². The number of benzene rings is 2. The number of hydrogen-bond acceptors (Lipinski definition) is 8. The molecule has 1 aliphatic rings. The molecule has 0 saturated carbocycles. The SMILES string of the molecule is C/C=C(/Cc1nc2c(Cc3ccccc3)nc(-c3ccccc3)cn2c1OC(=O)N(CCCNC)CCCN1CCOCC1)OC. The number of carbonyl (C=O) groups excluding carboxylic acids is 1. The Balaban J connectivity index is 1.52. The Kier molecular flexibility index (Phi) is 12.2. The molecular formula is C36H46N6O4. The Labute approximate surface area is 272 Å². The summed E-state index contributed by atoms with van der Waals surface area (Å²) in [6.45, 7) is 8.18. The van der Waals surface area contributed by atoms with Gasteiger partial charge in [0.05, 0.1) is 43.9 Å². The number of carbonyl (C=O) groups is 1. The van der Waals surface area contributed by atoms with Crippen molar-refractivity contribution in [2.45, 2.75) is 32.6 Å². The zero-order chi connectivity index (χ0) is 32.1. The van der Waals surface area contributed by atoms with Crippen molar-refractivity contribution in [3.63, 3.8) is 0 Å². The molecule has 1 aliphatic heterocycles. The molecule has 10 heteroatoms. The van der Waals surface area contributed by atoms with Crippen LogP contribution in [0.25, 0.3) is 16.9 Å². The average molecular weight is 627 g/mol. The molecule has 0 unspecified atom stereocenters. The number of allylic oxidation sites excluding steroid dienone is 2. The fraction of sp³-hybridized carbons (Fsp3) is 0.417. The van der Waals surface area contributed by atoms with E-state index in [0.717, 1.165) is 80.5 Å². The lowest BCUT2D eigenvalue weighted by molar-refractivity contribution is 0.0362. The van der Waals surface area contributed by atoms with Crippen LogP contribution in [-0.2, 0) is 22.3 Å². The van der Waals surface area contributed by atoms with E-state index in [1.807, 2.05) is 84.1 Å². The summed E-state index contributed by atoms with van der Waals surface area (Å²) >= 11 is 0. The highest BCUT2D eigenvalue weighted by molar-refractivity contribution is 5.72. The molecule has 0 bridgehead atoms. The molecule has 0 aliphatic carbocycles. The van der Waals surface area contributed by atoms with Gasteiger partial charge in [-0.25, -0.2) is 14.8 Å². The largest absolute Gasteiger partial charge is 0.501 e. The summed E-state index contributed by atoms with van der Waals surface area (Å²) in [5.41, 5.74) is 4.93. The summed E-state index contributed by atoms with van der Waals surface area (Å²) in [5.74, 6) is 1.12. The van der Waals surface area contributed by atoms with E-state index in [2.05, 4.69) is 22.3 Å². The van der Waals surface area contributed by atoms with E-state index in [9.17, 15) is 4.79 Å². The van der Waals surface area contributed by atoms with Crippen LogP contribution in [0, 0.1) is 0 Å². The van der Waals surface area contributed by atoms with E-state index >= 15 is 0 Å². The van der Waals surface area contributed by atoms with E-state index in [1.165, 1.54) is 0 Å². The van der Waals surface area contributed by atoms with E-state index in [0.29, 0.717) is 43.2 Å². The normalized spacial score (nSPS) is 14.0. The molecule has 1 saturated heterocycles. The number of rotatable bonds is 15. The van der Waals surface area contributed by atoms with Crippen LogP contribution in [0.3, 0.4) is 0 Å². The van der Waals surface area contributed by atoms with Crippen molar-refractivity contribution in [2.75, 3.05) is 66.6 Å². The van der Waals surface area contributed by atoms with Crippen LogP contribution in [0.1, 0.15) is 36.7 Å². The topological polar surface area (TPSA) is 93.5 Å². The maximum Gasteiger partial charge on any atom is 0.416 e. The zero-order valence-corrected chi connectivity index (χ0v) is 27.3. The monoisotopic (exact) mass is 626 g/mol. The molecule has 1 fully saturated rings. The number of nitrogens with one attached hydrogen (secondary N) is 1. The number of amides is 1. The number of ether oxygens (including phenoxy) is 3. The van der Waals surface area contributed by atoms with Crippen molar-refractivity contribution in [3.05, 3.63) is 95.6 Å². The number of aromatic nitrogens is 3. The van der Waals surface area contributed by atoms with Gasteiger partial charge in [0, 0.05) is 50.9 Å². The van der Waals surface area contributed by atoms with E-state index in [1.54, 1.807) is 7.11 Å². The van der Waals surface area contributed by atoms with Gasteiger partial charge in [0.15, 0.2) is 5.65 Å². The van der Waals surface area contributed by atoms with Crippen LogP contribution < -0.4 is 10.1 Å². The third kappa shape index (κ3) is 8.72. The van der Waals surface area contributed by atoms with Crippen LogP contribution in [0.2, 0.25) is 0 Å². The molecule has 244 valence electrons. The Morgan fingerprint density at radius 2 is 1.72 bits per heavy atom. The second-order valence-electron chi connectivity index (χ2n) is 11.4. The molecule has 4 aromatic rings. The molecule has 1 N–H and O–H groups in total. The number of methoxy groups -OCH3 is 1. The fourth-order valence-corrected chi connectivity index (χ4v) is 5.67. The first-order valence-corrected chi connectivity index (χ1v) is 16.2. The lowest BCUT2D eigenvalue weighted by atomic mass is 10.1. The summed E-state index contributed by atoms with van der Waals surface area (Å²) in [6.07, 6.45) is 6.06. The Morgan fingerprint density at radius 1 is 1.00 bits per heavy atom. The van der Waals surface area contributed by atoms with Gasteiger partial charge < -0.3 is 24.4 Å². The van der Waals surface area contributed by atoms with E-state index < -0.39 is 0 Å². The molecule has 46 heavy (non-hydrogen) atoms. The van der Waals surface area contributed by atoms with Crippen molar-refractivity contribution in [2.24, 2.45) is 0 Å². The fourth-order valence-electron chi connectivity index (χ4n) is 5.67. The molecule has 10 nitrogen and oxygen atoms in total. The van der Waals surface area contributed by atoms with Gasteiger partial charge in [-0.05, 0) is 45.0 Å². The zero-order valence-electron chi connectivity index (χ0n) is 27.3. The van der Waals surface area contributed by atoms with Gasteiger partial charge in [0.25, 0.3) is 0 Å². The molecule has 0 spiro atoms. The molecule has 3 heterocycles. The minimum atomic E-state index is -0.386. The lowest BCUT2D eigenvalue weighted by Crippen LogP contribution is -2.40. The molecule has 5 rings (SSSR count). The van der Waals surface area contributed by atoms with Crippen molar-refractivity contribution >= 4 is 11.7 Å². The van der Waals surface area contributed by atoms with E-state index in [4.69, 9.17) is 24.2 Å². The van der Waals surface area contributed by atoms with Crippen LogP contribution in [0.5, 0.6) is 5.88 Å². The Morgan fingerprint density at radius 3 is 2.41 bits per heavy atom. The molecule has 2 aromatic heterocycles. The molecule has 0 atom stereocenters. The highest BCUT2D eigenvalue weighted by atomic mass is 16.6. The van der Waals surface area contributed by atoms with Gasteiger partial charge in [-0.1, -0.05) is 60.7 Å². The standard InChI is InChI=1S/C36H46N6O4/c1-4-30(44-3)26-32-35(46-36(43)41(19-11-17-37-2)20-12-18-40-21-23-45-24-22-40)42-27-33(29-15-9-6-10-16-29)38-31(34(42)39-32)25-28-13-7-5-8-14-28/h4-10,13-16,27,37H,11-12,17-26H2,1-3H3/b30-4-. The van der Waals surface area contributed by atoms with Gasteiger partial charge in [0.2, 0.25) is 5.88 Å². The number of imidazole rings is 1. The Bertz CT molecular complexity index is 1570. The van der Waals surface area contributed by atoms with Gasteiger partial charge >= 0.3 is 6.09 Å². The van der Waals surface area contributed by atoms with E-state index in [-0.39, 0.29) is 6.09 Å². The first kappa shape index (κ1) is 33.1. The van der Waals surface area contributed by atoms with Crippen molar-refractivity contribution in [3.8, 4) is 17.1 Å². The van der Waals surface area contributed by atoms with Crippen molar-refractivity contribution in [1.82, 2.24) is 29.5 Å². The number of morpholine rings is 1. The van der Waals surface area contributed by atoms with Crippen LogP contribution in [0.4, 0.5) is 4.79 Å². The molecule has 0 radical (unpaired) electrons. The number of nitrogens with zero attached hydrogens (tertiary/aromatic N) is 5. The van der Waals surface area contributed by atoms with Gasteiger partial charge in [-0.15, -0.1) is 0 Å². The predicted molar refractivity (Wildman–Crippen MR) is 180 cm³/mol. The molecule has 2 aromatic carbocycles. The predicted octanol–water partition coefficient (Wildman–Crippen LogP) is 5.21. The highest BCUT2D eigenvalue weighted by Crippen LogP contribution is 2.30. The first-order chi connectivity index (χ1) is 22.6. The maximum absolute atomic E-state index is 14.0. The van der Waals surface area contributed by atoms with Crippen molar-refractivity contribution < 1.29 is 19.0 Å². The van der Waals surface area contributed by atoms with Gasteiger partial charge in [0.1, 0.15) is 5.69 Å². The Hall–Kier alpha value is -4.25. The summed E-state index contributed by atoms with van der Waals surface area (Å²) in [5, 5.41) is 3.19. The summed E-state index contributed by atoms with van der Waals surface area (Å²) in [6, 6.07) is 20.3. The summed E-state index contributed by atoms with van der Waals surface area (Å²) in [4.78, 5) is 28.3. The quantitative estimate of drug-likeness (QED) is 0.142. The maximum atomic E-state index is 14.0. The number of fused-ring (bicyclic) bond motifs is 1.